The van der Waals surface area contributed by atoms with E-state index in [1.807, 2.05) is 4.90 Å². The molecule has 0 bridgehead atoms. The Balaban J connectivity index is 1.38. The third kappa shape index (κ3) is 3.25. The number of hydrogen-bond donors (Lipinski definition) is 2. The number of carbonyl (C=O) groups is 2. The van der Waals surface area contributed by atoms with Crippen molar-refractivity contribution in [1.29, 1.82) is 0 Å². The van der Waals surface area contributed by atoms with Crippen molar-refractivity contribution in [2.75, 3.05) is 19.6 Å². The van der Waals surface area contributed by atoms with Gasteiger partial charge in [-0.1, -0.05) is 0 Å². The van der Waals surface area contributed by atoms with Crippen molar-refractivity contribution in [3.8, 4) is 0 Å². The number of nitrogens with one attached hydrogen (secondary N) is 2. The topological polar surface area (TPSA) is 78.1 Å². The Bertz CT molecular complexity index is 525. The number of imidazole rings is 1. The highest BCUT2D eigenvalue weighted by Crippen LogP contribution is 2.22. The van der Waals surface area contributed by atoms with E-state index in [4.69, 9.17) is 0 Å². The van der Waals surface area contributed by atoms with Gasteiger partial charge in [-0.25, -0.2) is 4.98 Å². The number of carbonyl (C=O) groups excluding carboxylic acids is 2. The molecule has 3 rings (SSSR count). The van der Waals surface area contributed by atoms with Gasteiger partial charge in [0, 0.05) is 44.1 Å². The van der Waals surface area contributed by atoms with Crippen LogP contribution in [0.5, 0.6) is 0 Å². The van der Waals surface area contributed by atoms with E-state index in [9.17, 15) is 9.59 Å². The van der Waals surface area contributed by atoms with E-state index < -0.39 is 0 Å². The molecule has 21 heavy (non-hydrogen) atoms. The molecule has 2 N–H and O–H groups in total. The summed E-state index contributed by atoms with van der Waals surface area (Å²) in [6, 6.07) is 0. The number of likely N-dealkylation sites (tertiary alicyclic amines) is 1. The van der Waals surface area contributed by atoms with E-state index in [1.54, 1.807) is 6.33 Å². The number of amides is 2. The van der Waals surface area contributed by atoms with Crippen molar-refractivity contribution >= 4 is 11.8 Å². The number of nitrogens with zero attached hydrogens (tertiary/aromatic N) is 2. The van der Waals surface area contributed by atoms with Gasteiger partial charge in [0.05, 0.1) is 12.0 Å². The highest BCUT2D eigenvalue weighted by Gasteiger charge is 2.26. The van der Waals surface area contributed by atoms with E-state index >= 15 is 0 Å². The van der Waals surface area contributed by atoms with Crippen LogP contribution in [-0.4, -0.2) is 46.3 Å². The highest BCUT2D eigenvalue weighted by molar-refractivity contribution is 5.79. The molecule has 2 heterocycles. The minimum atomic E-state index is 0.0476. The van der Waals surface area contributed by atoms with E-state index in [-0.39, 0.29) is 17.7 Å². The molecule has 0 radical (unpaired) electrons. The first-order valence-electron chi connectivity index (χ1n) is 7.80. The van der Waals surface area contributed by atoms with Crippen LogP contribution in [-0.2, 0) is 22.4 Å². The lowest BCUT2D eigenvalue weighted by atomic mass is 9.89. The van der Waals surface area contributed by atoms with Gasteiger partial charge in [-0.05, 0) is 25.7 Å². The standard InChI is InChI=1S/C15H22N4O2/c20-14-3-1-7-19(14)8-2-6-16-15(21)11-4-5-12-13(9-11)18-10-17-12/h10-11H,1-9H2,(H,16,21)(H,17,18). The molecule has 0 aromatic carbocycles. The van der Waals surface area contributed by atoms with E-state index in [0.29, 0.717) is 13.0 Å². The van der Waals surface area contributed by atoms with Gasteiger partial charge in [0.1, 0.15) is 0 Å². The van der Waals surface area contributed by atoms with Gasteiger partial charge in [0.2, 0.25) is 11.8 Å². The van der Waals surface area contributed by atoms with Gasteiger partial charge in [-0.2, -0.15) is 0 Å². The van der Waals surface area contributed by atoms with Gasteiger partial charge < -0.3 is 15.2 Å². The zero-order valence-corrected chi connectivity index (χ0v) is 12.2. The molecule has 1 aromatic rings. The number of aryl methyl sites for hydroxylation is 1. The number of H-pyrrole nitrogens is 1. The summed E-state index contributed by atoms with van der Waals surface area (Å²) in [5.74, 6) is 0.426. The summed E-state index contributed by atoms with van der Waals surface area (Å²) in [5, 5.41) is 3.00. The van der Waals surface area contributed by atoms with Crippen LogP contribution in [0.3, 0.4) is 0 Å². The third-order valence-electron chi connectivity index (χ3n) is 4.43. The van der Waals surface area contributed by atoms with Gasteiger partial charge in [0.15, 0.2) is 0 Å². The molecule has 1 aromatic heterocycles. The van der Waals surface area contributed by atoms with Crippen LogP contribution in [0.15, 0.2) is 6.33 Å². The number of hydrogen-bond acceptors (Lipinski definition) is 3. The first kappa shape index (κ1) is 14.1. The third-order valence-corrected chi connectivity index (χ3v) is 4.43. The lowest BCUT2D eigenvalue weighted by Crippen LogP contribution is -2.36. The molecule has 1 saturated heterocycles. The summed E-state index contributed by atoms with van der Waals surface area (Å²) in [6.45, 7) is 2.28. The Morgan fingerprint density at radius 2 is 2.38 bits per heavy atom. The maximum absolute atomic E-state index is 12.2. The molecule has 6 nitrogen and oxygen atoms in total. The quantitative estimate of drug-likeness (QED) is 0.781. The van der Waals surface area contributed by atoms with Crippen LogP contribution in [0, 0.1) is 5.92 Å². The van der Waals surface area contributed by atoms with Crippen molar-refractivity contribution in [1.82, 2.24) is 20.2 Å². The smallest absolute Gasteiger partial charge is 0.223 e. The number of fused-ring (bicyclic) bond motifs is 1. The molecule has 2 amide bonds. The fraction of sp³-hybridized carbons (Fsp3) is 0.667. The molecule has 1 aliphatic heterocycles. The molecule has 0 spiro atoms. The second kappa shape index (κ2) is 6.28. The van der Waals surface area contributed by atoms with Crippen LogP contribution < -0.4 is 5.32 Å². The first-order chi connectivity index (χ1) is 10.2. The zero-order valence-electron chi connectivity index (χ0n) is 12.2. The molecule has 1 aliphatic carbocycles. The van der Waals surface area contributed by atoms with Gasteiger partial charge >= 0.3 is 0 Å². The number of aromatic nitrogens is 2. The molecule has 2 aliphatic rings. The zero-order chi connectivity index (χ0) is 14.7. The van der Waals surface area contributed by atoms with Crippen molar-refractivity contribution in [2.24, 2.45) is 5.92 Å². The largest absolute Gasteiger partial charge is 0.356 e. The van der Waals surface area contributed by atoms with Crippen LogP contribution in [0.2, 0.25) is 0 Å². The Morgan fingerprint density at radius 3 is 3.19 bits per heavy atom. The van der Waals surface area contributed by atoms with Gasteiger partial charge in [-0.15, -0.1) is 0 Å². The molecule has 1 fully saturated rings. The van der Waals surface area contributed by atoms with Crippen molar-refractivity contribution < 1.29 is 9.59 Å². The summed E-state index contributed by atoms with van der Waals surface area (Å²) < 4.78 is 0. The second-order valence-corrected chi connectivity index (χ2v) is 5.90. The summed E-state index contributed by atoms with van der Waals surface area (Å²) in [6.07, 6.45) is 6.69. The molecule has 114 valence electrons. The first-order valence-corrected chi connectivity index (χ1v) is 7.80. The summed E-state index contributed by atoms with van der Waals surface area (Å²) in [4.78, 5) is 32.9. The fourth-order valence-electron chi connectivity index (χ4n) is 3.19. The molecular weight excluding hydrogens is 268 g/mol. The van der Waals surface area contributed by atoms with Gasteiger partial charge in [-0.3, -0.25) is 9.59 Å². The summed E-state index contributed by atoms with van der Waals surface area (Å²) >= 11 is 0. The van der Waals surface area contributed by atoms with Gasteiger partial charge in [0.25, 0.3) is 0 Å². The predicted molar refractivity (Wildman–Crippen MR) is 77.5 cm³/mol. The maximum Gasteiger partial charge on any atom is 0.223 e. The Hall–Kier alpha value is -1.85. The van der Waals surface area contributed by atoms with Crippen molar-refractivity contribution in [3.63, 3.8) is 0 Å². The molecule has 1 unspecified atom stereocenters. The number of aromatic amines is 1. The summed E-state index contributed by atoms with van der Waals surface area (Å²) in [7, 11) is 0. The lowest BCUT2D eigenvalue weighted by molar-refractivity contribution is -0.127. The minimum absolute atomic E-state index is 0.0476. The average molecular weight is 290 g/mol. The van der Waals surface area contributed by atoms with E-state index in [0.717, 1.165) is 56.6 Å². The van der Waals surface area contributed by atoms with Crippen LogP contribution in [0.4, 0.5) is 0 Å². The molecular formula is C15H22N4O2. The maximum atomic E-state index is 12.2. The molecule has 0 saturated carbocycles. The van der Waals surface area contributed by atoms with Crippen molar-refractivity contribution in [3.05, 3.63) is 17.7 Å². The molecule has 6 heteroatoms. The highest BCUT2D eigenvalue weighted by atomic mass is 16.2. The van der Waals surface area contributed by atoms with E-state index in [2.05, 4.69) is 15.3 Å². The SMILES string of the molecule is O=C(NCCCN1CCCC1=O)C1CCc2nc[nH]c2C1. The number of rotatable bonds is 5. The monoisotopic (exact) mass is 290 g/mol. The fourth-order valence-corrected chi connectivity index (χ4v) is 3.19. The minimum Gasteiger partial charge on any atom is -0.356 e. The Morgan fingerprint density at radius 1 is 1.48 bits per heavy atom. The Labute approximate surface area is 124 Å². The Kier molecular flexibility index (Phi) is 4.22. The van der Waals surface area contributed by atoms with Crippen LogP contribution >= 0.6 is 0 Å². The normalized spacial score (nSPS) is 21.4. The predicted octanol–water partition coefficient (Wildman–Crippen LogP) is 0.643. The average Bonchev–Trinajstić information content (AvgIpc) is 3.11. The lowest BCUT2D eigenvalue weighted by Gasteiger charge is -2.21. The summed E-state index contributed by atoms with van der Waals surface area (Å²) in [5.41, 5.74) is 2.20. The second-order valence-electron chi connectivity index (χ2n) is 5.90. The van der Waals surface area contributed by atoms with Crippen LogP contribution in [0.25, 0.3) is 0 Å². The van der Waals surface area contributed by atoms with Crippen molar-refractivity contribution in [2.45, 2.75) is 38.5 Å². The molecule has 1 atom stereocenters. The van der Waals surface area contributed by atoms with E-state index in [1.165, 1.54) is 0 Å². The van der Waals surface area contributed by atoms with Crippen LogP contribution in [0.1, 0.15) is 37.1 Å².